The molecule has 2 N–H and O–H groups in total. The molecule has 2 aromatic carbocycles. The number of urea groups is 1. The highest BCUT2D eigenvalue weighted by atomic mass is 35.5. The number of nitriles is 1. The highest BCUT2D eigenvalue weighted by Gasteiger charge is 2.61. The van der Waals surface area contributed by atoms with Crippen LogP contribution < -0.4 is 15.5 Å². The normalized spacial score (nSPS) is 24.3. The van der Waals surface area contributed by atoms with Crippen LogP contribution in [0.3, 0.4) is 0 Å². The highest BCUT2D eigenvalue weighted by Crippen LogP contribution is 2.40. The fourth-order valence-corrected chi connectivity index (χ4v) is 3.89. The number of carbonyl (C=O) groups is 2. The molecule has 26 heavy (non-hydrogen) atoms. The van der Waals surface area contributed by atoms with Crippen LogP contribution in [0.2, 0.25) is 10.0 Å². The third-order valence-electron chi connectivity index (χ3n) is 4.70. The first-order chi connectivity index (χ1) is 12.4. The molecule has 2 atom stereocenters. The summed E-state index contributed by atoms with van der Waals surface area (Å²) in [6.07, 6.45) is 0. The molecule has 2 aliphatic rings. The van der Waals surface area contributed by atoms with Crippen LogP contribution in [0.4, 0.5) is 10.5 Å². The number of hydrogen-bond donors (Lipinski definition) is 2. The Morgan fingerprint density at radius 2 is 1.77 bits per heavy atom. The Balaban J connectivity index is 1.69. The zero-order valence-corrected chi connectivity index (χ0v) is 14.8. The van der Waals surface area contributed by atoms with Gasteiger partial charge in [-0.3, -0.25) is 10.1 Å². The number of halogens is 2. The summed E-state index contributed by atoms with van der Waals surface area (Å²) >= 11 is 12.0. The van der Waals surface area contributed by atoms with E-state index in [2.05, 4.69) is 16.7 Å². The fraction of sp³-hybridized carbons (Fsp3) is 0.167. The van der Waals surface area contributed by atoms with Gasteiger partial charge in [-0.25, -0.2) is 9.69 Å². The van der Waals surface area contributed by atoms with E-state index in [0.29, 0.717) is 27.8 Å². The maximum absolute atomic E-state index is 13.1. The molecule has 0 radical (unpaired) electrons. The minimum Gasteiger partial charge on any atom is -0.310 e. The number of nitrogens with one attached hydrogen (secondary N) is 2. The summed E-state index contributed by atoms with van der Waals surface area (Å²) in [5.74, 6) is -0.659. The van der Waals surface area contributed by atoms with Crippen LogP contribution in [0.25, 0.3) is 0 Å². The van der Waals surface area contributed by atoms with Gasteiger partial charge in [0.05, 0.1) is 17.3 Å². The molecule has 1 unspecified atom stereocenters. The molecule has 8 heteroatoms. The van der Waals surface area contributed by atoms with Crippen molar-refractivity contribution in [2.45, 2.75) is 11.6 Å². The average Bonchev–Trinajstić information content (AvgIpc) is 2.86. The van der Waals surface area contributed by atoms with Crippen LogP contribution in [-0.2, 0) is 4.79 Å². The maximum Gasteiger partial charge on any atom is 0.330 e. The Morgan fingerprint density at radius 3 is 2.31 bits per heavy atom. The van der Waals surface area contributed by atoms with Crippen molar-refractivity contribution in [2.24, 2.45) is 0 Å². The summed E-state index contributed by atoms with van der Waals surface area (Å²) in [4.78, 5) is 26.7. The van der Waals surface area contributed by atoms with E-state index in [0.717, 1.165) is 10.5 Å². The lowest BCUT2D eigenvalue weighted by Gasteiger charge is -2.45. The monoisotopic (exact) mass is 386 g/mol. The van der Waals surface area contributed by atoms with Crippen LogP contribution in [0.5, 0.6) is 0 Å². The Morgan fingerprint density at radius 1 is 1.12 bits per heavy atom. The SMILES string of the molecule is N#Cc1ccc([C@H]2CNC23NC(=O)N(c2cc(Cl)cc(Cl)c2)C3=O)cc1. The molecule has 2 aromatic rings. The first kappa shape index (κ1) is 16.9. The van der Waals surface area contributed by atoms with Crippen LogP contribution in [0.15, 0.2) is 42.5 Å². The van der Waals surface area contributed by atoms with E-state index in [1.165, 1.54) is 18.2 Å². The van der Waals surface area contributed by atoms with Crippen molar-refractivity contribution >= 4 is 40.8 Å². The molecule has 130 valence electrons. The zero-order chi connectivity index (χ0) is 18.5. The molecule has 0 aromatic heterocycles. The molecular weight excluding hydrogens is 375 g/mol. The van der Waals surface area contributed by atoms with Gasteiger partial charge in [-0.05, 0) is 35.9 Å². The molecular formula is C18H12Cl2N4O2. The van der Waals surface area contributed by atoms with Crippen molar-refractivity contribution in [3.8, 4) is 6.07 Å². The Hall–Kier alpha value is -2.59. The Bertz CT molecular complexity index is 950. The molecule has 4 rings (SSSR count). The number of nitrogens with zero attached hydrogens (tertiary/aromatic N) is 2. The summed E-state index contributed by atoms with van der Waals surface area (Å²) in [7, 11) is 0. The summed E-state index contributed by atoms with van der Waals surface area (Å²) < 4.78 is 0. The van der Waals surface area contributed by atoms with Crippen molar-refractivity contribution in [1.29, 1.82) is 5.26 Å². The quantitative estimate of drug-likeness (QED) is 0.776. The summed E-state index contributed by atoms with van der Waals surface area (Å²) in [5.41, 5.74) is 0.503. The lowest BCUT2D eigenvalue weighted by molar-refractivity contribution is -0.127. The second kappa shape index (κ2) is 5.99. The maximum atomic E-state index is 13.1. The van der Waals surface area contributed by atoms with E-state index in [4.69, 9.17) is 28.5 Å². The predicted octanol–water partition coefficient (Wildman–Crippen LogP) is 3.00. The Labute approximate surface area is 159 Å². The minimum atomic E-state index is -1.21. The van der Waals surface area contributed by atoms with E-state index in [9.17, 15) is 9.59 Å². The van der Waals surface area contributed by atoms with Crippen molar-refractivity contribution in [1.82, 2.24) is 10.6 Å². The number of rotatable bonds is 2. The first-order valence-corrected chi connectivity index (χ1v) is 8.58. The third-order valence-corrected chi connectivity index (χ3v) is 5.14. The minimum absolute atomic E-state index is 0.244. The summed E-state index contributed by atoms with van der Waals surface area (Å²) in [6, 6.07) is 13.0. The van der Waals surface area contributed by atoms with E-state index < -0.39 is 17.6 Å². The van der Waals surface area contributed by atoms with E-state index in [1.54, 1.807) is 24.3 Å². The van der Waals surface area contributed by atoms with Gasteiger partial charge in [0, 0.05) is 22.5 Å². The largest absolute Gasteiger partial charge is 0.330 e. The number of anilines is 1. The number of imide groups is 1. The summed E-state index contributed by atoms with van der Waals surface area (Å²) in [6.45, 7) is 0.530. The molecule has 6 nitrogen and oxygen atoms in total. The van der Waals surface area contributed by atoms with Gasteiger partial charge in [0.15, 0.2) is 5.66 Å². The van der Waals surface area contributed by atoms with Crippen LogP contribution in [0, 0.1) is 11.3 Å². The molecule has 0 aliphatic carbocycles. The second-order valence-electron chi connectivity index (χ2n) is 6.17. The average molecular weight is 387 g/mol. The first-order valence-electron chi connectivity index (χ1n) is 7.82. The number of hydrogen-bond acceptors (Lipinski definition) is 4. The second-order valence-corrected chi connectivity index (χ2v) is 7.05. The predicted molar refractivity (Wildman–Crippen MR) is 97.1 cm³/mol. The lowest BCUT2D eigenvalue weighted by atomic mass is 9.78. The molecule has 1 spiro atoms. The molecule has 2 aliphatic heterocycles. The topological polar surface area (TPSA) is 85.2 Å². The molecule has 0 bridgehead atoms. The van der Waals surface area contributed by atoms with Crippen LogP contribution >= 0.6 is 23.2 Å². The highest BCUT2D eigenvalue weighted by molar-refractivity contribution is 6.35. The molecule has 2 fully saturated rings. The van der Waals surface area contributed by atoms with Crippen molar-refractivity contribution in [2.75, 3.05) is 11.4 Å². The van der Waals surface area contributed by atoms with E-state index >= 15 is 0 Å². The molecule has 2 heterocycles. The van der Waals surface area contributed by atoms with E-state index in [1.807, 2.05) is 0 Å². The van der Waals surface area contributed by atoms with Gasteiger partial charge in [0.2, 0.25) is 0 Å². The Kier molecular flexibility index (Phi) is 3.88. The third kappa shape index (κ3) is 2.44. The smallest absolute Gasteiger partial charge is 0.310 e. The molecule has 0 saturated carbocycles. The van der Waals surface area contributed by atoms with Gasteiger partial charge in [-0.15, -0.1) is 0 Å². The van der Waals surface area contributed by atoms with Crippen molar-refractivity contribution in [3.05, 3.63) is 63.6 Å². The van der Waals surface area contributed by atoms with Gasteiger partial charge in [-0.1, -0.05) is 35.3 Å². The standard InChI is InChI=1S/C18H12Cl2N4O2/c19-12-5-13(20)7-14(6-12)24-16(25)18(23-17(24)26)15(9-22-18)11-3-1-10(8-21)2-4-11/h1-7,15,22H,9H2,(H,23,26)/t15-,18?/m1/s1. The van der Waals surface area contributed by atoms with Gasteiger partial charge >= 0.3 is 6.03 Å². The fourth-order valence-electron chi connectivity index (χ4n) is 3.37. The van der Waals surface area contributed by atoms with Gasteiger partial charge in [0.25, 0.3) is 5.91 Å². The number of amides is 3. The van der Waals surface area contributed by atoms with Crippen molar-refractivity contribution in [3.63, 3.8) is 0 Å². The molecule has 2 saturated heterocycles. The number of carbonyl (C=O) groups excluding carboxylic acids is 2. The van der Waals surface area contributed by atoms with E-state index in [-0.39, 0.29) is 5.92 Å². The van der Waals surface area contributed by atoms with Crippen LogP contribution in [-0.4, -0.2) is 24.1 Å². The van der Waals surface area contributed by atoms with Gasteiger partial charge in [0.1, 0.15) is 0 Å². The molecule has 3 amide bonds. The van der Waals surface area contributed by atoms with Crippen molar-refractivity contribution < 1.29 is 9.59 Å². The summed E-state index contributed by atoms with van der Waals surface area (Å²) in [5, 5.41) is 15.4. The number of benzene rings is 2. The van der Waals surface area contributed by atoms with Gasteiger partial charge < -0.3 is 5.32 Å². The zero-order valence-electron chi connectivity index (χ0n) is 13.3. The van der Waals surface area contributed by atoms with Gasteiger partial charge in [-0.2, -0.15) is 5.26 Å². The van der Waals surface area contributed by atoms with Crippen LogP contribution in [0.1, 0.15) is 17.0 Å². The lowest BCUT2D eigenvalue weighted by Crippen LogP contribution is -2.73.